The highest BCUT2D eigenvalue weighted by atomic mass is 31.2. The number of carbonyl (C=O) groups is 4. The fraction of sp³-hybridized carbons (Fsp3) is 0.360. The molecule has 0 heterocycles. The van der Waals surface area contributed by atoms with Gasteiger partial charge in [0, 0.05) is 19.9 Å². The normalized spacial score (nSPS) is 13.5. The van der Waals surface area contributed by atoms with Gasteiger partial charge in [-0.3, -0.25) is 24.2 Å². The minimum Gasteiger partial charge on any atom is -0.480 e. The van der Waals surface area contributed by atoms with Gasteiger partial charge in [0.1, 0.15) is 11.8 Å². The fourth-order valence-electron chi connectivity index (χ4n) is 3.66. The Morgan fingerprint density at radius 2 is 1.61 bits per heavy atom. The van der Waals surface area contributed by atoms with Crippen LogP contribution in [0.15, 0.2) is 54.6 Å². The minimum atomic E-state index is -4.74. The highest BCUT2D eigenvalue weighted by molar-refractivity contribution is 7.46. The lowest BCUT2D eigenvalue weighted by Gasteiger charge is -2.26. The maximum atomic E-state index is 13.0. The van der Waals surface area contributed by atoms with Crippen molar-refractivity contribution in [3.63, 3.8) is 0 Å². The first-order valence-corrected chi connectivity index (χ1v) is 13.3. The summed E-state index contributed by atoms with van der Waals surface area (Å²) in [5.74, 6) is -4.11. The monoisotopic (exact) mass is 549 g/mol. The molecule has 2 aromatic carbocycles. The highest BCUT2D eigenvalue weighted by Crippen LogP contribution is 2.37. The maximum absolute atomic E-state index is 13.0. The van der Waals surface area contributed by atoms with Crippen molar-refractivity contribution in [1.82, 2.24) is 16.0 Å². The number of aryl methyl sites for hydroxylation is 1. The summed E-state index contributed by atoms with van der Waals surface area (Å²) in [6.45, 7) is 3.00. The highest BCUT2D eigenvalue weighted by Gasteiger charge is 2.33. The molecule has 2 rings (SSSR count). The van der Waals surface area contributed by atoms with Crippen LogP contribution in [0.5, 0.6) is 5.75 Å². The number of phosphoric ester groups is 1. The summed E-state index contributed by atoms with van der Waals surface area (Å²) in [7, 11) is -4.74. The topological polar surface area (TPSA) is 191 Å². The number of phosphoric acid groups is 1. The minimum absolute atomic E-state index is 0.104. The van der Waals surface area contributed by atoms with E-state index in [1.165, 1.54) is 31.2 Å². The van der Waals surface area contributed by atoms with Gasteiger partial charge >= 0.3 is 13.8 Å². The third-order valence-corrected chi connectivity index (χ3v) is 6.01. The van der Waals surface area contributed by atoms with E-state index in [1.807, 2.05) is 30.3 Å². The van der Waals surface area contributed by atoms with E-state index in [4.69, 9.17) is 9.79 Å². The summed E-state index contributed by atoms with van der Waals surface area (Å²) in [4.78, 5) is 66.9. The van der Waals surface area contributed by atoms with Crippen LogP contribution in [-0.4, -0.2) is 57.2 Å². The van der Waals surface area contributed by atoms with Crippen LogP contribution in [0.2, 0.25) is 0 Å². The van der Waals surface area contributed by atoms with Crippen molar-refractivity contribution < 1.29 is 43.2 Å². The van der Waals surface area contributed by atoms with Gasteiger partial charge in [0.2, 0.25) is 17.7 Å². The van der Waals surface area contributed by atoms with E-state index >= 15 is 0 Å². The van der Waals surface area contributed by atoms with E-state index < -0.39 is 55.9 Å². The average molecular weight is 550 g/mol. The van der Waals surface area contributed by atoms with Crippen molar-refractivity contribution in [3.8, 4) is 5.75 Å². The van der Waals surface area contributed by atoms with Crippen molar-refractivity contribution in [2.75, 3.05) is 6.54 Å². The zero-order chi connectivity index (χ0) is 28.3. The van der Waals surface area contributed by atoms with E-state index in [0.717, 1.165) is 18.9 Å². The zero-order valence-electron chi connectivity index (χ0n) is 21.0. The third kappa shape index (κ3) is 10.7. The van der Waals surface area contributed by atoms with Gasteiger partial charge in [0.05, 0.1) is 12.0 Å². The molecule has 0 spiro atoms. The molecule has 0 aliphatic rings. The van der Waals surface area contributed by atoms with Gasteiger partial charge in [0.15, 0.2) is 0 Å². The van der Waals surface area contributed by atoms with Crippen molar-refractivity contribution >= 4 is 31.5 Å². The molecule has 0 radical (unpaired) electrons. The summed E-state index contributed by atoms with van der Waals surface area (Å²) in [6.07, 6.45) is 0.996. The number of aliphatic carboxylic acids is 1. The first kappa shape index (κ1) is 30.5. The van der Waals surface area contributed by atoms with Gasteiger partial charge in [-0.05, 0) is 43.0 Å². The lowest BCUT2D eigenvalue weighted by Crippen LogP contribution is -2.57. The number of carbonyl (C=O) groups excluding carboxylic acids is 3. The Balaban J connectivity index is 2.06. The molecular weight excluding hydrogens is 517 g/mol. The van der Waals surface area contributed by atoms with Gasteiger partial charge in [-0.15, -0.1) is 0 Å². The van der Waals surface area contributed by atoms with Crippen LogP contribution in [0.3, 0.4) is 0 Å². The molecule has 3 atom stereocenters. The molecule has 0 fully saturated rings. The number of benzene rings is 2. The molecule has 2 aromatic rings. The molecule has 0 saturated heterocycles. The van der Waals surface area contributed by atoms with Gasteiger partial charge in [-0.25, -0.2) is 9.36 Å². The van der Waals surface area contributed by atoms with E-state index in [1.54, 1.807) is 0 Å². The van der Waals surface area contributed by atoms with Crippen molar-refractivity contribution in [2.45, 2.75) is 51.1 Å². The zero-order valence-corrected chi connectivity index (χ0v) is 21.9. The number of amides is 3. The van der Waals surface area contributed by atoms with Gasteiger partial charge in [-0.2, -0.15) is 0 Å². The molecule has 0 saturated carbocycles. The number of hydrogen-bond donors (Lipinski definition) is 6. The lowest BCUT2D eigenvalue weighted by molar-refractivity contribution is -0.143. The van der Waals surface area contributed by atoms with E-state index in [0.29, 0.717) is 18.5 Å². The first-order valence-electron chi connectivity index (χ1n) is 11.8. The third-order valence-electron chi connectivity index (χ3n) is 5.57. The average Bonchev–Trinajstić information content (AvgIpc) is 2.84. The summed E-state index contributed by atoms with van der Waals surface area (Å²) in [6, 6.07) is 12.3. The molecule has 38 heavy (non-hydrogen) atoms. The summed E-state index contributed by atoms with van der Waals surface area (Å²) in [5.41, 5.74) is 1.55. The SMILES string of the molecule is CC(=O)NC(C(=O)O)C(CC(=O)NCCCc1ccccc1)NC(=O)C(C)c1ccc(OP(=O)(O)O)cc1. The number of nitrogens with one attached hydrogen (secondary N) is 3. The van der Waals surface area contributed by atoms with E-state index in [2.05, 4.69) is 20.5 Å². The van der Waals surface area contributed by atoms with Crippen LogP contribution >= 0.6 is 7.82 Å². The molecule has 206 valence electrons. The number of carboxylic acid groups (broad SMARTS) is 1. The van der Waals surface area contributed by atoms with Crippen LogP contribution in [0.25, 0.3) is 0 Å². The predicted octanol–water partition coefficient (Wildman–Crippen LogP) is 1.47. The fourth-order valence-corrected chi connectivity index (χ4v) is 4.05. The van der Waals surface area contributed by atoms with Crippen molar-refractivity contribution in [2.24, 2.45) is 0 Å². The number of rotatable bonds is 14. The van der Waals surface area contributed by atoms with E-state index in [9.17, 15) is 28.8 Å². The van der Waals surface area contributed by atoms with Crippen LogP contribution in [-0.2, 0) is 30.2 Å². The smallest absolute Gasteiger partial charge is 0.480 e. The van der Waals surface area contributed by atoms with Gasteiger partial charge in [0.25, 0.3) is 0 Å². The second-order valence-electron chi connectivity index (χ2n) is 8.65. The van der Waals surface area contributed by atoms with Crippen LogP contribution in [0.1, 0.15) is 43.7 Å². The van der Waals surface area contributed by atoms with Crippen molar-refractivity contribution in [3.05, 3.63) is 65.7 Å². The second kappa shape index (κ2) is 14.3. The first-order chi connectivity index (χ1) is 17.9. The Labute approximate surface area is 220 Å². The van der Waals surface area contributed by atoms with Gasteiger partial charge in [-0.1, -0.05) is 42.5 Å². The Morgan fingerprint density at radius 1 is 0.974 bits per heavy atom. The molecule has 0 aliphatic heterocycles. The number of hydrogen-bond acceptors (Lipinski definition) is 6. The Hall–Kier alpha value is -3.73. The largest absolute Gasteiger partial charge is 0.524 e. The van der Waals surface area contributed by atoms with Crippen molar-refractivity contribution in [1.29, 1.82) is 0 Å². The van der Waals surface area contributed by atoms with Crippen LogP contribution in [0.4, 0.5) is 0 Å². The second-order valence-corrected chi connectivity index (χ2v) is 9.81. The Kier molecular flexibility index (Phi) is 11.5. The van der Waals surface area contributed by atoms with E-state index in [-0.39, 0.29) is 5.75 Å². The standard InChI is InChI=1S/C25H32N3O9P/c1-16(19-10-12-20(13-11-19)37-38(34,35)36)24(31)28-21(23(25(32)33)27-17(2)29)15-22(30)26-14-6-9-18-7-4-3-5-8-18/h3-5,7-8,10-13,16,21,23H,6,9,14-15H2,1-2H3,(H,26,30)(H,27,29)(H,28,31)(H,32,33)(H2,34,35,36). The van der Waals surface area contributed by atoms with Crippen LogP contribution in [0, 0.1) is 0 Å². The molecule has 0 aliphatic carbocycles. The Bertz CT molecular complexity index is 1150. The van der Waals surface area contributed by atoms with Gasteiger partial charge < -0.3 is 25.6 Å². The molecule has 6 N–H and O–H groups in total. The maximum Gasteiger partial charge on any atom is 0.524 e. The van der Waals surface area contributed by atoms with Crippen LogP contribution < -0.4 is 20.5 Å². The molecule has 3 amide bonds. The summed E-state index contributed by atoms with van der Waals surface area (Å²) in [5, 5.41) is 17.2. The summed E-state index contributed by atoms with van der Waals surface area (Å²) >= 11 is 0. The lowest BCUT2D eigenvalue weighted by atomic mass is 9.98. The molecular formula is C25H32N3O9P. The molecule has 0 aromatic heterocycles. The molecule has 12 nitrogen and oxygen atoms in total. The number of carboxylic acids is 1. The Morgan fingerprint density at radius 3 is 2.16 bits per heavy atom. The molecule has 0 bridgehead atoms. The molecule has 13 heteroatoms. The summed E-state index contributed by atoms with van der Waals surface area (Å²) < 4.78 is 15.5. The predicted molar refractivity (Wildman–Crippen MR) is 137 cm³/mol. The molecule has 3 unspecified atom stereocenters. The quantitative estimate of drug-likeness (QED) is 0.150.